The molecule has 5 rings (SSSR count). The van der Waals surface area contributed by atoms with Gasteiger partial charge in [-0.2, -0.15) is 0 Å². The zero-order chi connectivity index (χ0) is 27.0. The summed E-state index contributed by atoms with van der Waals surface area (Å²) in [5.41, 5.74) is 1.28. The molecule has 5 amide bonds. The van der Waals surface area contributed by atoms with E-state index >= 15 is 0 Å². The number of carbonyl (C=O) groups excluding carboxylic acids is 4. The number of amides is 5. The van der Waals surface area contributed by atoms with Crippen molar-refractivity contribution in [2.45, 2.75) is 25.2 Å². The molecule has 0 fully saturated rings. The lowest BCUT2D eigenvalue weighted by Crippen LogP contribution is -2.50. The summed E-state index contributed by atoms with van der Waals surface area (Å²) in [5.74, 6) is -1.77. The molecule has 1 atom stereocenters. The van der Waals surface area contributed by atoms with E-state index in [1.807, 2.05) is 0 Å². The average molecular weight is 527 g/mol. The topological polar surface area (TPSA) is 121 Å². The van der Waals surface area contributed by atoms with Crippen molar-refractivity contribution in [3.05, 3.63) is 71.5 Å². The van der Waals surface area contributed by atoms with E-state index in [0.29, 0.717) is 29.7 Å². The monoisotopic (exact) mass is 527 g/mol. The second-order valence-electron chi connectivity index (χ2n) is 8.68. The Bertz CT molecular complexity index is 1390. The van der Waals surface area contributed by atoms with Gasteiger partial charge >= 0.3 is 12.4 Å². The lowest BCUT2D eigenvalue weighted by atomic mass is 10.00. The van der Waals surface area contributed by atoms with Gasteiger partial charge in [0.1, 0.15) is 12.3 Å². The molecule has 3 aliphatic rings. The minimum Gasteiger partial charge on any atom is -0.406 e. The second-order valence-corrected chi connectivity index (χ2v) is 8.68. The number of alkyl halides is 3. The number of nitrogens with zero attached hydrogens (tertiary/aromatic N) is 3. The maximum absolute atomic E-state index is 13.3. The zero-order valence-electron chi connectivity index (χ0n) is 19.6. The third-order valence-electron chi connectivity index (χ3n) is 6.19. The lowest BCUT2D eigenvalue weighted by molar-refractivity contribution is -0.274. The van der Waals surface area contributed by atoms with Gasteiger partial charge in [0, 0.05) is 17.3 Å². The van der Waals surface area contributed by atoms with Crippen LogP contribution in [0.4, 0.5) is 29.5 Å². The van der Waals surface area contributed by atoms with Crippen molar-refractivity contribution in [3.63, 3.8) is 0 Å². The summed E-state index contributed by atoms with van der Waals surface area (Å²) in [6.45, 7) is -0.637. The first-order chi connectivity index (χ1) is 18.1. The third kappa shape index (κ3) is 4.94. The summed E-state index contributed by atoms with van der Waals surface area (Å²) in [7, 11) is 0. The molecule has 0 radical (unpaired) electrons. The lowest BCUT2D eigenvalue weighted by Gasteiger charge is -2.31. The largest absolute Gasteiger partial charge is 0.573 e. The minimum absolute atomic E-state index is 0.188. The van der Waals surface area contributed by atoms with Crippen LogP contribution in [0, 0.1) is 0 Å². The van der Waals surface area contributed by atoms with Gasteiger partial charge in [-0.15, -0.1) is 13.2 Å². The van der Waals surface area contributed by atoms with Crippen LogP contribution in [-0.2, 0) is 14.4 Å². The summed E-state index contributed by atoms with van der Waals surface area (Å²) in [6, 6.07) is 6.08. The summed E-state index contributed by atoms with van der Waals surface area (Å²) in [6.07, 6.45) is 0.938. The van der Waals surface area contributed by atoms with Crippen LogP contribution in [0.1, 0.15) is 24.4 Å². The second kappa shape index (κ2) is 9.65. The van der Waals surface area contributed by atoms with Crippen LogP contribution >= 0.6 is 0 Å². The van der Waals surface area contributed by atoms with E-state index in [4.69, 9.17) is 0 Å². The van der Waals surface area contributed by atoms with Gasteiger partial charge in [-0.05, 0) is 42.7 Å². The number of hydrogen-bond donors (Lipinski definition) is 2. The molecule has 38 heavy (non-hydrogen) atoms. The van der Waals surface area contributed by atoms with Gasteiger partial charge in [-0.3, -0.25) is 24.2 Å². The molecule has 0 saturated carbocycles. The van der Waals surface area contributed by atoms with E-state index < -0.39 is 41.9 Å². The number of hydrogen-bond acceptors (Lipinski definition) is 6. The molecule has 2 aromatic rings. The van der Waals surface area contributed by atoms with Crippen LogP contribution in [0.5, 0.6) is 5.75 Å². The fourth-order valence-corrected chi connectivity index (χ4v) is 4.48. The highest BCUT2D eigenvalue weighted by Gasteiger charge is 2.39. The minimum atomic E-state index is -4.89. The molecular formula is C25H20F3N5O5. The Balaban J connectivity index is 1.43. The first kappa shape index (κ1) is 25.0. The van der Waals surface area contributed by atoms with Crippen LogP contribution in [0.2, 0.25) is 0 Å². The van der Waals surface area contributed by atoms with Crippen molar-refractivity contribution in [3.8, 4) is 5.75 Å². The Kier molecular flexibility index (Phi) is 6.35. The normalized spacial score (nSPS) is 17.7. The number of imide groups is 1. The predicted octanol–water partition coefficient (Wildman–Crippen LogP) is 3.21. The molecule has 13 heteroatoms. The molecule has 1 aromatic carbocycles. The molecule has 2 aliphatic heterocycles. The molecule has 3 heterocycles. The van der Waals surface area contributed by atoms with E-state index in [-0.39, 0.29) is 24.5 Å². The van der Waals surface area contributed by atoms with E-state index in [1.165, 1.54) is 18.3 Å². The van der Waals surface area contributed by atoms with E-state index in [1.54, 1.807) is 24.3 Å². The van der Waals surface area contributed by atoms with Crippen LogP contribution in [-0.4, -0.2) is 53.1 Å². The zero-order valence-corrected chi connectivity index (χ0v) is 19.6. The smallest absolute Gasteiger partial charge is 0.406 e. The average Bonchev–Trinajstić information content (AvgIpc) is 3.12. The molecule has 2 N–H and O–H groups in total. The highest BCUT2D eigenvalue weighted by Crippen LogP contribution is 2.32. The number of carbonyl (C=O) groups is 4. The van der Waals surface area contributed by atoms with Crippen molar-refractivity contribution < 1.29 is 37.1 Å². The van der Waals surface area contributed by atoms with Gasteiger partial charge < -0.3 is 15.4 Å². The van der Waals surface area contributed by atoms with Crippen molar-refractivity contribution in [1.29, 1.82) is 0 Å². The summed E-state index contributed by atoms with van der Waals surface area (Å²) in [5, 5.41) is 5.32. The van der Waals surface area contributed by atoms with Gasteiger partial charge in [-0.1, -0.05) is 24.3 Å². The molecular weight excluding hydrogens is 507 g/mol. The van der Waals surface area contributed by atoms with Gasteiger partial charge in [0.2, 0.25) is 5.91 Å². The number of benzene rings is 1. The molecule has 0 saturated heterocycles. The molecule has 1 aliphatic carbocycles. The van der Waals surface area contributed by atoms with Crippen LogP contribution in [0.15, 0.2) is 65.9 Å². The highest BCUT2D eigenvalue weighted by molar-refractivity contribution is 6.21. The van der Waals surface area contributed by atoms with E-state index in [0.717, 1.165) is 21.9 Å². The number of pyridine rings is 1. The number of nitrogens with one attached hydrogen (secondary N) is 2. The Hall–Kier alpha value is -4.68. The predicted molar refractivity (Wildman–Crippen MR) is 127 cm³/mol. The van der Waals surface area contributed by atoms with Crippen molar-refractivity contribution in [2.24, 2.45) is 0 Å². The maximum Gasteiger partial charge on any atom is 0.573 e. The Morgan fingerprint density at radius 1 is 1.13 bits per heavy atom. The number of anilines is 2. The number of urea groups is 1. The standard InChI is InChI=1S/C25H20F3N5O5/c26-25(27,28)38-15-9-7-14(8-10-15)19(12-33-22(35)16-4-1-2-5-17(16)23(33)36)31-24(37)32-13-20(34)30-18-6-3-11-29-21(18)32/h1,3-4,6-11,19H,2,5,12-13H2,(H,30,34)(H,31,37). The number of allylic oxidation sites excluding steroid dienone is 1. The molecule has 0 spiro atoms. The molecule has 10 nitrogen and oxygen atoms in total. The van der Waals surface area contributed by atoms with Gasteiger partial charge in [0.05, 0.1) is 18.3 Å². The number of halogens is 3. The molecule has 0 bridgehead atoms. The Labute approximate surface area is 213 Å². The SMILES string of the molecule is O=C1CN(C(=O)NC(CN2C(=O)C3=C(CCC=C3)C2=O)c2ccc(OC(F)(F)F)cc2)c2ncccc2N1. The first-order valence-electron chi connectivity index (χ1n) is 11.6. The maximum atomic E-state index is 13.3. The fraction of sp³-hybridized carbons (Fsp3) is 0.240. The molecule has 1 unspecified atom stereocenters. The third-order valence-corrected chi connectivity index (χ3v) is 6.19. The Morgan fingerprint density at radius 3 is 2.61 bits per heavy atom. The van der Waals surface area contributed by atoms with E-state index in [2.05, 4.69) is 20.4 Å². The van der Waals surface area contributed by atoms with Crippen LogP contribution in [0.3, 0.4) is 0 Å². The van der Waals surface area contributed by atoms with E-state index in [9.17, 15) is 32.3 Å². The molecule has 1 aromatic heterocycles. The number of rotatable bonds is 5. The summed E-state index contributed by atoms with van der Waals surface area (Å²) >= 11 is 0. The highest BCUT2D eigenvalue weighted by atomic mass is 19.4. The van der Waals surface area contributed by atoms with Gasteiger partial charge in [0.15, 0.2) is 5.82 Å². The van der Waals surface area contributed by atoms with Crippen molar-refractivity contribution in [2.75, 3.05) is 23.3 Å². The summed E-state index contributed by atoms with van der Waals surface area (Å²) in [4.78, 5) is 57.8. The van der Waals surface area contributed by atoms with Crippen molar-refractivity contribution in [1.82, 2.24) is 15.2 Å². The number of aromatic nitrogens is 1. The number of ether oxygens (including phenoxy) is 1. The fourth-order valence-electron chi connectivity index (χ4n) is 4.48. The van der Waals surface area contributed by atoms with Gasteiger partial charge in [0.25, 0.3) is 11.8 Å². The van der Waals surface area contributed by atoms with Crippen LogP contribution in [0.25, 0.3) is 0 Å². The molecule has 196 valence electrons. The van der Waals surface area contributed by atoms with Crippen LogP contribution < -0.4 is 20.3 Å². The Morgan fingerprint density at radius 2 is 1.89 bits per heavy atom. The van der Waals surface area contributed by atoms with Crippen molar-refractivity contribution >= 4 is 35.3 Å². The first-order valence-corrected chi connectivity index (χ1v) is 11.6. The number of fused-ring (bicyclic) bond motifs is 1. The summed E-state index contributed by atoms with van der Waals surface area (Å²) < 4.78 is 41.8. The quantitative estimate of drug-likeness (QED) is 0.577. The van der Waals surface area contributed by atoms with Gasteiger partial charge in [-0.25, -0.2) is 9.78 Å².